The fourth-order valence-electron chi connectivity index (χ4n) is 1.83. The smallest absolute Gasteiger partial charge is 0.165 e. The normalized spacial score (nSPS) is 12.5. The highest BCUT2D eigenvalue weighted by molar-refractivity contribution is 5.82. The van der Waals surface area contributed by atoms with Gasteiger partial charge in [0.05, 0.1) is 13.7 Å². The Hall–Kier alpha value is -1.42. The van der Waals surface area contributed by atoms with E-state index in [9.17, 15) is 9.18 Å². The van der Waals surface area contributed by atoms with Crippen LogP contribution in [0, 0.1) is 11.7 Å². The Morgan fingerprint density at radius 1 is 1.47 bits per heavy atom. The summed E-state index contributed by atoms with van der Waals surface area (Å²) in [6.45, 7) is 4.87. The highest BCUT2D eigenvalue weighted by atomic mass is 19.1. The van der Waals surface area contributed by atoms with Crippen LogP contribution in [0.4, 0.5) is 4.39 Å². The van der Waals surface area contributed by atoms with E-state index >= 15 is 0 Å². The fourth-order valence-corrected chi connectivity index (χ4v) is 1.83. The lowest BCUT2D eigenvalue weighted by atomic mass is 10.0. The number of nitrogens with zero attached hydrogens (tertiary/aromatic N) is 1. The quantitative estimate of drug-likeness (QED) is 0.761. The molecule has 0 aliphatic heterocycles. The van der Waals surface area contributed by atoms with E-state index in [1.54, 1.807) is 6.07 Å². The molecular formula is C15H22FNO2. The number of rotatable bonds is 7. The van der Waals surface area contributed by atoms with Gasteiger partial charge in [0, 0.05) is 12.5 Å². The van der Waals surface area contributed by atoms with Gasteiger partial charge in [-0.15, -0.1) is 0 Å². The first-order chi connectivity index (χ1) is 8.97. The number of carbonyl (C=O) groups is 1. The third kappa shape index (κ3) is 4.63. The highest BCUT2D eigenvalue weighted by Gasteiger charge is 2.13. The second kappa shape index (κ2) is 7.24. The van der Waals surface area contributed by atoms with E-state index in [4.69, 9.17) is 4.74 Å². The fraction of sp³-hybridized carbons (Fsp3) is 0.533. The molecule has 0 aliphatic rings. The molecule has 0 bridgehead atoms. The van der Waals surface area contributed by atoms with E-state index in [0.717, 1.165) is 12.0 Å². The third-order valence-electron chi connectivity index (χ3n) is 3.26. The Labute approximate surface area is 114 Å². The predicted octanol–water partition coefficient (Wildman–Crippen LogP) is 2.88. The highest BCUT2D eigenvalue weighted by Crippen LogP contribution is 2.18. The van der Waals surface area contributed by atoms with Crippen LogP contribution in [0.25, 0.3) is 0 Å². The summed E-state index contributed by atoms with van der Waals surface area (Å²) in [5.74, 6) is 0.165. The number of carbonyl (C=O) groups excluding carboxylic acids is 1. The topological polar surface area (TPSA) is 29.5 Å². The van der Waals surface area contributed by atoms with Gasteiger partial charge >= 0.3 is 0 Å². The van der Waals surface area contributed by atoms with Gasteiger partial charge in [0.2, 0.25) is 0 Å². The Balaban J connectivity index is 2.59. The molecule has 1 unspecified atom stereocenters. The van der Waals surface area contributed by atoms with Crippen LogP contribution in [0.2, 0.25) is 0 Å². The van der Waals surface area contributed by atoms with Gasteiger partial charge in [-0.25, -0.2) is 4.39 Å². The molecule has 0 fully saturated rings. The molecule has 0 radical (unpaired) electrons. The molecule has 0 aromatic heterocycles. The molecule has 0 saturated carbocycles. The van der Waals surface area contributed by atoms with Crippen molar-refractivity contribution in [3.63, 3.8) is 0 Å². The Kier molecular flexibility index (Phi) is 5.96. The summed E-state index contributed by atoms with van der Waals surface area (Å²) >= 11 is 0. The van der Waals surface area contributed by atoms with Crippen molar-refractivity contribution in [3.05, 3.63) is 29.6 Å². The molecule has 3 nitrogen and oxygen atoms in total. The lowest BCUT2D eigenvalue weighted by Gasteiger charge is -2.18. The summed E-state index contributed by atoms with van der Waals surface area (Å²) in [5, 5.41) is 0. The average Bonchev–Trinajstić information content (AvgIpc) is 2.37. The molecule has 0 N–H and O–H groups in total. The molecule has 0 spiro atoms. The van der Waals surface area contributed by atoms with Crippen molar-refractivity contribution >= 4 is 5.78 Å². The first-order valence-corrected chi connectivity index (χ1v) is 6.51. The van der Waals surface area contributed by atoms with Crippen molar-refractivity contribution in [1.82, 2.24) is 4.90 Å². The van der Waals surface area contributed by atoms with E-state index in [2.05, 4.69) is 0 Å². The van der Waals surface area contributed by atoms with Crippen LogP contribution >= 0.6 is 0 Å². The first kappa shape index (κ1) is 15.6. The minimum atomic E-state index is -0.373. The number of hydrogen-bond acceptors (Lipinski definition) is 3. The predicted molar refractivity (Wildman–Crippen MR) is 73.7 cm³/mol. The van der Waals surface area contributed by atoms with Crippen LogP contribution in [0.3, 0.4) is 0 Å². The molecule has 106 valence electrons. The molecule has 19 heavy (non-hydrogen) atoms. The summed E-state index contributed by atoms with van der Waals surface area (Å²) in [6, 6.07) is 4.87. The molecule has 0 aliphatic carbocycles. The van der Waals surface area contributed by atoms with Gasteiger partial charge in [-0.05, 0) is 31.2 Å². The zero-order chi connectivity index (χ0) is 14.4. The van der Waals surface area contributed by atoms with Crippen molar-refractivity contribution in [2.45, 2.75) is 26.8 Å². The number of methoxy groups -OCH3 is 1. The number of ketones is 1. The Morgan fingerprint density at radius 2 is 2.16 bits per heavy atom. The maximum atomic E-state index is 13.5. The molecule has 4 heteroatoms. The first-order valence-electron chi connectivity index (χ1n) is 6.51. The van der Waals surface area contributed by atoms with E-state index in [-0.39, 0.29) is 23.3 Å². The Morgan fingerprint density at radius 3 is 2.68 bits per heavy atom. The summed E-state index contributed by atoms with van der Waals surface area (Å²) in [7, 11) is 3.30. The lowest BCUT2D eigenvalue weighted by molar-refractivity contribution is -0.123. The minimum Gasteiger partial charge on any atom is -0.494 e. The summed E-state index contributed by atoms with van der Waals surface area (Å²) in [5.41, 5.74) is 0.831. The largest absolute Gasteiger partial charge is 0.494 e. The molecule has 0 saturated heterocycles. The maximum Gasteiger partial charge on any atom is 0.165 e. The van der Waals surface area contributed by atoms with Crippen LogP contribution in [-0.2, 0) is 11.3 Å². The summed E-state index contributed by atoms with van der Waals surface area (Å²) < 4.78 is 18.4. The van der Waals surface area contributed by atoms with Gasteiger partial charge in [0.25, 0.3) is 0 Å². The zero-order valence-electron chi connectivity index (χ0n) is 12.1. The van der Waals surface area contributed by atoms with Crippen molar-refractivity contribution in [2.24, 2.45) is 5.92 Å². The second-order valence-corrected chi connectivity index (χ2v) is 4.92. The number of ether oxygens (including phenoxy) is 1. The van der Waals surface area contributed by atoms with Gasteiger partial charge in [0.15, 0.2) is 11.6 Å². The number of Topliss-reactive ketones (excluding diaryl/α,β-unsaturated/α-hetero) is 1. The van der Waals surface area contributed by atoms with Crippen molar-refractivity contribution in [2.75, 3.05) is 20.7 Å². The number of benzene rings is 1. The van der Waals surface area contributed by atoms with Crippen molar-refractivity contribution in [1.29, 1.82) is 0 Å². The average molecular weight is 267 g/mol. The van der Waals surface area contributed by atoms with E-state index in [0.29, 0.717) is 13.1 Å². The lowest BCUT2D eigenvalue weighted by Crippen LogP contribution is -2.28. The van der Waals surface area contributed by atoms with Crippen LogP contribution in [0.5, 0.6) is 5.75 Å². The summed E-state index contributed by atoms with van der Waals surface area (Å²) in [6.07, 6.45) is 0.851. The van der Waals surface area contributed by atoms with Gasteiger partial charge in [-0.3, -0.25) is 9.69 Å². The van der Waals surface area contributed by atoms with Gasteiger partial charge in [-0.1, -0.05) is 19.9 Å². The molecule has 0 amide bonds. The second-order valence-electron chi connectivity index (χ2n) is 4.92. The van der Waals surface area contributed by atoms with Crippen LogP contribution in [-0.4, -0.2) is 31.4 Å². The molecular weight excluding hydrogens is 245 g/mol. The maximum absolute atomic E-state index is 13.5. The Bertz CT molecular complexity index is 434. The number of hydrogen-bond donors (Lipinski definition) is 0. The van der Waals surface area contributed by atoms with E-state index in [1.807, 2.05) is 31.9 Å². The van der Waals surface area contributed by atoms with Crippen LogP contribution in [0.1, 0.15) is 25.8 Å². The van der Waals surface area contributed by atoms with E-state index < -0.39 is 0 Å². The molecule has 1 aromatic carbocycles. The van der Waals surface area contributed by atoms with Gasteiger partial charge < -0.3 is 4.74 Å². The van der Waals surface area contributed by atoms with Gasteiger partial charge in [0.1, 0.15) is 5.78 Å². The monoisotopic (exact) mass is 267 g/mol. The summed E-state index contributed by atoms with van der Waals surface area (Å²) in [4.78, 5) is 13.7. The minimum absolute atomic E-state index is 0.0788. The zero-order valence-corrected chi connectivity index (χ0v) is 12.1. The van der Waals surface area contributed by atoms with Crippen molar-refractivity contribution < 1.29 is 13.9 Å². The standard InChI is InChI=1S/C15H22FNO2/c1-5-11(2)14(18)10-17(3)9-12-6-7-15(19-4)13(16)8-12/h6-8,11H,5,9-10H2,1-4H3. The number of halogens is 1. The molecule has 0 heterocycles. The molecule has 1 aromatic rings. The van der Waals surface area contributed by atoms with Crippen molar-refractivity contribution in [3.8, 4) is 5.75 Å². The van der Waals surface area contributed by atoms with Crippen LogP contribution in [0.15, 0.2) is 18.2 Å². The number of likely N-dealkylation sites (N-methyl/N-ethyl adjacent to an activating group) is 1. The molecule has 1 rings (SSSR count). The van der Waals surface area contributed by atoms with Crippen LogP contribution < -0.4 is 4.74 Å². The third-order valence-corrected chi connectivity index (χ3v) is 3.26. The van der Waals surface area contributed by atoms with E-state index in [1.165, 1.54) is 13.2 Å². The SMILES string of the molecule is CCC(C)C(=O)CN(C)Cc1ccc(OC)c(F)c1. The van der Waals surface area contributed by atoms with Gasteiger partial charge in [-0.2, -0.15) is 0 Å². The molecule has 1 atom stereocenters.